The molecular formula is C14H14O2S. The number of carbonyl (C=O) groups excluding carboxylic acids is 1. The minimum Gasteiger partial charge on any atom is -0.422 e. The van der Waals surface area contributed by atoms with Gasteiger partial charge in [-0.15, -0.1) is 0 Å². The molecule has 0 spiro atoms. The first-order valence-corrected chi connectivity index (χ1v) is 5.05. The van der Waals surface area contributed by atoms with Crippen LogP contribution in [-0.2, 0) is 4.79 Å². The second-order valence-corrected chi connectivity index (χ2v) is 3.56. The first-order valence-electron chi connectivity index (χ1n) is 5.05. The molecule has 2 rings (SSSR count). The van der Waals surface area contributed by atoms with Gasteiger partial charge in [-0.25, -0.2) is 4.79 Å². The van der Waals surface area contributed by atoms with Crippen molar-refractivity contribution >= 4 is 30.2 Å². The summed E-state index contributed by atoms with van der Waals surface area (Å²) < 4.78 is 5.25. The van der Waals surface area contributed by atoms with Crippen LogP contribution in [0.15, 0.2) is 49.1 Å². The second-order valence-electron chi connectivity index (χ2n) is 3.56. The number of rotatable bonds is 2. The van der Waals surface area contributed by atoms with E-state index in [2.05, 4.69) is 6.58 Å². The fourth-order valence-corrected chi connectivity index (χ4v) is 1.63. The van der Waals surface area contributed by atoms with Gasteiger partial charge in [0.25, 0.3) is 0 Å². The number of carbonyl (C=O) groups is 1. The number of esters is 1. The molecule has 88 valence electrons. The van der Waals surface area contributed by atoms with Crippen molar-refractivity contribution in [3.8, 4) is 5.75 Å². The lowest BCUT2D eigenvalue weighted by molar-refractivity contribution is -0.128. The summed E-state index contributed by atoms with van der Waals surface area (Å²) in [6, 6.07) is 11.8. The van der Waals surface area contributed by atoms with Gasteiger partial charge in [-0.05, 0) is 17.9 Å². The molecule has 3 heteroatoms. The van der Waals surface area contributed by atoms with Gasteiger partial charge in [0.2, 0.25) is 0 Å². The Labute approximate surface area is 107 Å². The van der Waals surface area contributed by atoms with Crippen LogP contribution in [-0.4, -0.2) is 5.97 Å². The Kier molecular flexibility index (Phi) is 4.35. The van der Waals surface area contributed by atoms with E-state index in [1.165, 1.54) is 6.08 Å². The minimum absolute atomic E-state index is 0. The van der Waals surface area contributed by atoms with Gasteiger partial charge in [0.15, 0.2) is 0 Å². The normalized spacial score (nSPS) is 9.47. The molecule has 0 saturated heterocycles. The summed E-state index contributed by atoms with van der Waals surface area (Å²) in [6.45, 7) is 5.31. The molecule has 17 heavy (non-hydrogen) atoms. The Hall–Kier alpha value is -1.74. The summed E-state index contributed by atoms with van der Waals surface area (Å²) in [5, 5.41) is 2.00. The van der Waals surface area contributed by atoms with Crippen LogP contribution in [0.5, 0.6) is 5.75 Å². The Balaban J connectivity index is 0.00000144. The van der Waals surface area contributed by atoms with Gasteiger partial charge in [0.1, 0.15) is 5.75 Å². The lowest BCUT2D eigenvalue weighted by Gasteiger charge is -2.09. The Morgan fingerprint density at radius 3 is 2.65 bits per heavy atom. The van der Waals surface area contributed by atoms with Gasteiger partial charge in [-0.3, -0.25) is 0 Å². The molecule has 0 N–H and O–H groups in total. The van der Waals surface area contributed by atoms with Crippen LogP contribution in [0.2, 0.25) is 0 Å². The fourth-order valence-electron chi connectivity index (χ4n) is 1.63. The van der Waals surface area contributed by atoms with E-state index < -0.39 is 5.97 Å². The van der Waals surface area contributed by atoms with E-state index in [4.69, 9.17) is 4.74 Å². The van der Waals surface area contributed by atoms with Crippen LogP contribution in [0.4, 0.5) is 0 Å². The van der Waals surface area contributed by atoms with Crippen LogP contribution in [0.1, 0.15) is 5.56 Å². The van der Waals surface area contributed by atoms with Crippen molar-refractivity contribution in [3.05, 3.63) is 54.6 Å². The van der Waals surface area contributed by atoms with Crippen LogP contribution in [0.25, 0.3) is 10.8 Å². The molecule has 0 fully saturated rings. The minimum atomic E-state index is -0.431. The first-order chi connectivity index (χ1) is 7.72. The van der Waals surface area contributed by atoms with E-state index in [0.29, 0.717) is 5.75 Å². The highest BCUT2D eigenvalue weighted by Crippen LogP contribution is 2.29. The van der Waals surface area contributed by atoms with Gasteiger partial charge in [0.05, 0.1) is 0 Å². The van der Waals surface area contributed by atoms with Crippen molar-refractivity contribution in [2.45, 2.75) is 6.92 Å². The maximum atomic E-state index is 11.2. The van der Waals surface area contributed by atoms with Gasteiger partial charge >= 0.3 is 5.97 Å². The quantitative estimate of drug-likeness (QED) is 0.461. The average molecular weight is 246 g/mol. The number of aryl methyl sites for hydroxylation is 1. The van der Waals surface area contributed by atoms with E-state index in [-0.39, 0.29) is 13.5 Å². The topological polar surface area (TPSA) is 26.3 Å². The number of benzene rings is 2. The fraction of sp³-hybridized carbons (Fsp3) is 0.0714. The van der Waals surface area contributed by atoms with Crippen LogP contribution >= 0.6 is 13.5 Å². The van der Waals surface area contributed by atoms with Crippen molar-refractivity contribution in [2.75, 3.05) is 0 Å². The molecule has 2 aromatic rings. The molecule has 0 bridgehead atoms. The summed E-state index contributed by atoms with van der Waals surface area (Å²) in [4.78, 5) is 11.2. The van der Waals surface area contributed by atoms with Gasteiger partial charge in [0, 0.05) is 11.5 Å². The molecule has 0 heterocycles. The Morgan fingerprint density at radius 2 is 1.94 bits per heavy atom. The third-order valence-electron chi connectivity index (χ3n) is 2.45. The Bertz CT molecular complexity index is 561. The zero-order valence-electron chi connectivity index (χ0n) is 9.57. The molecule has 0 aliphatic rings. The van der Waals surface area contributed by atoms with Gasteiger partial charge in [-0.2, -0.15) is 13.5 Å². The number of hydrogen-bond acceptors (Lipinski definition) is 2. The molecule has 0 aromatic heterocycles. The standard InChI is InChI=1S/C14H12O2.H2S/c1-3-13(15)16-14-10(2)8-9-11-6-4-5-7-12(11)14;/h3-9H,1H2,2H3;1H2. The zero-order chi connectivity index (χ0) is 11.5. The van der Waals surface area contributed by atoms with E-state index >= 15 is 0 Å². The smallest absolute Gasteiger partial charge is 0.335 e. The van der Waals surface area contributed by atoms with Crippen molar-refractivity contribution in [1.82, 2.24) is 0 Å². The number of ether oxygens (including phenoxy) is 1. The summed E-state index contributed by atoms with van der Waals surface area (Å²) in [7, 11) is 0. The van der Waals surface area contributed by atoms with Crippen LogP contribution in [0.3, 0.4) is 0 Å². The molecule has 0 radical (unpaired) electrons. The number of hydrogen-bond donors (Lipinski definition) is 0. The maximum Gasteiger partial charge on any atom is 0.335 e. The summed E-state index contributed by atoms with van der Waals surface area (Å²) in [6.07, 6.45) is 1.17. The highest BCUT2D eigenvalue weighted by Gasteiger charge is 2.08. The largest absolute Gasteiger partial charge is 0.422 e. The van der Waals surface area contributed by atoms with Gasteiger partial charge in [-0.1, -0.05) is 43.0 Å². The van der Waals surface area contributed by atoms with Gasteiger partial charge < -0.3 is 4.74 Å². The SMILES string of the molecule is C=CC(=O)Oc1c(C)ccc2ccccc12.S. The summed E-state index contributed by atoms with van der Waals surface area (Å²) in [5.41, 5.74) is 0.939. The molecule has 0 saturated carbocycles. The van der Waals surface area contributed by atoms with Crippen molar-refractivity contribution < 1.29 is 9.53 Å². The van der Waals surface area contributed by atoms with Crippen LogP contribution < -0.4 is 4.74 Å². The highest BCUT2D eigenvalue weighted by molar-refractivity contribution is 7.59. The molecule has 0 amide bonds. The second kappa shape index (κ2) is 5.55. The predicted molar refractivity (Wildman–Crippen MR) is 74.9 cm³/mol. The van der Waals surface area contributed by atoms with E-state index in [1.807, 2.05) is 43.3 Å². The van der Waals surface area contributed by atoms with E-state index in [9.17, 15) is 4.79 Å². The molecular weight excluding hydrogens is 232 g/mol. The summed E-state index contributed by atoms with van der Waals surface area (Å²) in [5.74, 6) is 0.183. The third kappa shape index (κ3) is 2.68. The van der Waals surface area contributed by atoms with Crippen molar-refractivity contribution in [1.29, 1.82) is 0 Å². The first kappa shape index (κ1) is 13.3. The monoisotopic (exact) mass is 246 g/mol. The van der Waals surface area contributed by atoms with Crippen LogP contribution in [0, 0.1) is 6.92 Å². The molecule has 0 aliphatic heterocycles. The van der Waals surface area contributed by atoms with Crippen molar-refractivity contribution in [3.63, 3.8) is 0 Å². The molecule has 0 atom stereocenters. The molecule has 2 nitrogen and oxygen atoms in total. The third-order valence-corrected chi connectivity index (χ3v) is 2.45. The average Bonchev–Trinajstić information content (AvgIpc) is 2.32. The zero-order valence-corrected chi connectivity index (χ0v) is 10.6. The maximum absolute atomic E-state index is 11.2. The predicted octanol–water partition coefficient (Wildman–Crippen LogP) is 3.35. The van der Waals surface area contributed by atoms with E-state index in [1.54, 1.807) is 0 Å². The molecule has 0 unspecified atom stereocenters. The number of fused-ring (bicyclic) bond motifs is 1. The summed E-state index contributed by atoms with van der Waals surface area (Å²) >= 11 is 0. The Morgan fingerprint density at radius 1 is 1.24 bits per heavy atom. The lowest BCUT2D eigenvalue weighted by atomic mass is 10.1. The lowest BCUT2D eigenvalue weighted by Crippen LogP contribution is -2.04. The highest BCUT2D eigenvalue weighted by atomic mass is 32.1. The molecule has 0 aliphatic carbocycles. The molecule has 2 aromatic carbocycles. The van der Waals surface area contributed by atoms with E-state index in [0.717, 1.165) is 16.3 Å². The van der Waals surface area contributed by atoms with Crippen molar-refractivity contribution in [2.24, 2.45) is 0 Å².